The normalized spacial score (nSPS) is 16.9. The number of nitrogens with zero attached hydrogens (tertiary/aromatic N) is 7. The third kappa shape index (κ3) is 33.2. The first-order chi connectivity index (χ1) is 54.6. The number of esters is 1. The van der Waals surface area contributed by atoms with Gasteiger partial charge >= 0.3 is 40.8 Å². The van der Waals surface area contributed by atoms with Gasteiger partial charge in [0.1, 0.15) is 45.5 Å². The summed E-state index contributed by atoms with van der Waals surface area (Å²) in [6.45, 7) is 11.8. The number of anilines is 2. The maximum absolute atomic E-state index is 13.0. The van der Waals surface area contributed by atoms with Gasteiger partial charge in [-0.15, -0.1) is 22.7 Å². The fraction of sp³-hybridized carbons (Fsp3) is 0.423. The van der Waals surface area contributed by atoms with Gasteiger partial charge in [0.2, 0.25) is 0 Å². The number of aliphatic hydroxyl groups excluding tert-OH is 1. The SMILES string of the molecule is COC(=O)c1ccc(CS(C)(=O)=O)cc1.CS(=O)(=O)Cc1ccc(C=O)cc1.CS(=O)(=O)Cc1ccc(C=O)cc1.CS(=O)(=O)Cc1ccc(CO)cc1.Cc1nc(N2CCC3(CCN(Cc4ccc(CS(C)(=O)=O)cc4)C3)C2)c2cc(CC(F)(F)F)sc2n1.Cc1nc(N2CCC3(CCNC3)C2)c2cc(CC(F)(F)F)sc2n1.[O]=[Mn]=[O]. The number of aldehydes is 2. The number of aliphatic hydroxyl groups is 1. The number of methoxy groups -OCH3 is 1. The van der Waals surface area contributed by atoms with Gasteiger partial charge in [0.25, 0.3) is 0 Å². The number of alkyl halides is 6. The van der Waals surface area contributed by atoms with Crippen molar-refractivity contribution < 1.29 is 115 Å². The number of ether oxygens (including phenoxy) is 1. The Kier molecular flexibility index (Phi) is 34.3. The number of hydrogen-bond donors (Lipinski definition) is 2. The quantitative estimate of drug-likeness (QED) is 0.0310. The molecule has 0 bridgehead atoms. The van der Waals surface area contributed by atoms with Gasteiger partial charge in [0.15, 0.2) is 49.2 Å². The van der Waals surface area contributed by atoms with E-state index in [2.05, 4.69) is 44.7 Å². The molecule has 0 radical (unpaired) electrons. The number of halogens is 6. The molecule has 13 rings (SSSR count). The van der Waals surface area contributed by atoms with Crippen LogP contribution in [0, 0.1) is 24.7 Å². The predicted octanol–water partition coefficient (Wildman–Crippen LogP) is 11.6. The summed E-state index contributed by atoms with van der Waals surface area (Å²) in [5.41, 5.74) is 7.49. The van der Waals surface area contributed by atoms with Gasteiger partial charge in [-0.3, -0.25) is 14.5 Å². The zero-order chi connectivity index (χ0) is 86.5. The van der Waals surface area contributed by atoms with E-state index in [1.165, 1.54) is 38.4 Å². The number of thiophene rings is 2. The molecular weight excluding hydrogens is 1710 g/mol. The van der Waals surface area contributed by atoms with Crippen LogP contribution in [0.2, 0.25) is 0 Å². The molecule has 117 heavy (non-hydrogen) atoms. The first-order valence-electron chi connectivity index (χ1n) is 36.0. The number of aromatic nitrogens is 4. The van der Waals surface area contributed by atoms with Gasteiger partial charge in [-0.2, -0.15) is 26.3 Å². The summed E-state index contributed by atoms with van der Waals surface area (Å²) in [4.78, 5) is 58.3. The van der Waals surface area contributed by atoms with Crippen LogP contribution in [0.1, 0.15) is 117 Å². The van der Waals surface area contributed by atoms with Crippen molar-refractivity contribution in [2.45, 2.75) is 107 Å². The van der Waals surface area contributed by atoms with Crippen LogP contribution in [0.15, 0.2) is 133 Å². The van der Waals surface area contributed by atoms with Crippen LogP contribution in [0.4, 0.5) is 38.0 Å². The molecule has 0 amide bonds. The Balaban J connectivity index is 0.000000204. The Bertz CT molecular complexity index is 5450. The molecule has 2 spiro atoms. The number of hydrogen-bond acceptors (Lipinski definition) is 27. The number of benzene rings is 5. The van der Waals surface area contributed by atoms with Crippen molar-refractivity contribution in [3.63, 3.8) is 0 Å². The average Bonchev–Trinajstić information content (AvgIpc) is 1.60. The average molecular weight is 1810 g/mol. The fourth-order valence-corrected chi connectivity index (χ4v) is 19.7. The van der Waals surface area contributed by atoms with Gasteiger partial charge in [0.05, 0.1) is 71.7 Å². The number of rotatable bonds is 20. The molecule has 2 N–H and O–H groups in total. The fourth-order valence-electron chi connectivity index (χ4n) is 13.5. The van der Waals surface area contributed by atoms with Crippen LogP contribution in [-0.2, 0) is 131 Å². The molecule has 0 saturated carbocycles. The van der Waals surface area contributed by atoms with Crippen molar-refractivity contribution in [2.24, 2.45) is 10.8 Å². The van der Waals surface area contributed by atoms with E-state index in [9.17, 15) is 82.8 Å². The van der Waals surface area contributed by atoms with Crippen molar-refractivity contribution in [3.8, 4) is 0 Å². The van der Waals surface area contributed by atoms with E-state index >= 15 is 0 Å². The molecule has 2 atom stereocenters. The van der Waals surface area contributed by atoms with E-state index in [1.807, 2.05) is 24.3 Å². The molecule has 4 fully saturated rings. The first-order valence-corrected chi connectivity index (χ1v) is 48.9. The van der Waals surface area contributed by atoms with Gasteiger partial charge in [-0.25, -0.2) is 66.8 Å². The summed E-state index contributed by atoms with van der Waals surface area (Å²) in [5, 5.41) is 13.6. The molecule has 25 nitrogen and oxygen atoms in total. The Morgan fingerprint density at radius 1 is 0.504 bits per heavy atom. The zero-order valence-electron chi connectivity index (χ0n) is 65.3. The molecule has 39 heteroatoms. The van der Waals surface area contributed by atoms with Crippen LogP contribution >= 0.6 is 22.7 Å². The second kappa shape index (κ2) is 41.7. The van der Waals surface area contributed by atoms with Crippen LogP contribution < -0.4 is 15.1 Å². The molecule has 4 aromatic heterocycles. The van der Waals surface area contributed by atoms with E-state index in [0.717, 1.165) is 159 Å². The second-order valence-corrected chi connectivity index (χ2v) is 42.6. The molecule has 2 unspecified atom stereocenters. The third-order valence-corrected chi connectivity index (χ3v) is 24.9. The summed E-state index contributed by atoms with van der Waals surface area (Å²) in [7, 11) is -13.7. The second-order valence-electron chi connectivity index (χ2n) is 29.5. The van der Waals surface area contributed by atoms with E-state index in [4.69, 9.17) is 12.8 Å². The number of aryl methyl sites for hydroxylation is 2. The predicted molar refractivity (Wildman–Crippen MR) is 434 cm³/mol. The van der Waals surface area contributed by atoms with E-state index < -0.39 is 95.2 Å². The monoisotopic (exact) mass is 1810 g/mol. The zero-order valence-corrected chi connectivity index (χ0v) is 72.2. The Morgan fingerprint density at radius 3 is 1.17 bits per heavy atom. The van der Waals surface area contributed by atoms with Crippen molar-refractivity contribution in [2.75, 3.05) is 101 Å². The van der Waals surface area contributed by atoms with Gasteiger partial charge in [0, 0.05) is 109 Å². The summed E-state index contributed by atoms with van der Waals surface area (Å²) in [6.07, 6.45) is 1.46. The van der Waals surface area contributed by atoms with Gasteiger partial charge in [-0.05, 0) is 116 Å². The first kappa shape index (κ1) is 96.1. The summed E-state index contributed by atoms with van der Waals surface area (Å²) >= 11 is 0.788. The minimum absolute atomic E-state index is 0.0147. The van der Waals surface area contributed by atoms with Crippen molar-refractivity contribution in [1.29, 1.82) is 0 Å². The number of sulfone groups is 5. The molecule has 637 valence electrons. The van der Waals surface area contributed by atoms with E-state index in [1.54, 1.807) is 123 Å². The number of carbonyl (C=O) groups is 3. The molecule has 8 heterocycles. The molecular formula is C78H92F6MnN8O17S7. The van der Waals surface area contributed by atoms with Crippen molar-refractivity contribution in [1.82, 2.24) is 30.2 Å². The third-order valence-electron chi connectivity index (χ3n) is 18.5. The summed E-state index contributed by atoms with van der Waals surface area (Å²) in [6, 6.07) is 37.2. The van der Waals surface area contributed by atoms with Crippen molar-refractivity contribution >= 4 is 122 Å². The number of likely N-dealkylation sites (tertiary alicyclic amines) is 1. The van der Waals surface area contributed by atoms with E-state index in [0.29, 0.717) is 65.0 Å². The Morgan fingerprint density at radius 2 is 0.838 bits per heavy atom. The molecule has 4 aliphatic heterocycles. The number of nitrogens with one attached hydrogen (secondary N) is 1. The summed E-state index contributed by atoms with van der Waals surface area (Å²) < 4.78 is 209. The standard InChI is InChI=1S/C25H29F3N4O2S2.C16H19F3N4S.C10H12O4S.C9H12O3S.2C9H10O3S.Mn.2O/c1-17-29-22(21-11-20(12-25(26,27)28)35-23(21)30-17)32-10-8-24(16-32)7-9-31(15-24)13-18-3-5-19(6-4-18)14-36(2,33)34;1-10-21-13(23-5-3-15(9-23)2-4-20-8-15)12-6-11(7-16(17,18)19)24-14(12)22-10;1-14-10(11)9-5-3-8(4-6-9)7-15(2,12)13;3*1-13(11,12)7-9-4-2-8(6-10)3-5-9;;;/h3-6,11H,7-10,12-16H2,1-2H3;6,20H,2-5,7-9H2,1H3;3-6H,7H2,1-2H3;2-5,10H,6-7H2,1H3;2*2-6H,7H2,1H3;;;. The van der Waals surface area contributed by atoms with Crippen molar-refractivity contribution in [3.05, 3.63) is 210 Å². The maximum atomic E-state index is 13.0. The Labute approximate surface area is 691 Å². The topological polar surface area (TPSA) is 359 Å². The van der Waals surface area contributed by atoms with Gasteiger partial charge in [-0.1, -0.05) is 109 Å². The van der Waals surface area contributed by atoms with Crippen LogP contribution in [-0.4, -0.2) is 194 Å². The van der Waals surface area contributed by atoms with Crippen LogP contribution in [0.5, 0.6) is 0 Å². The number of fused-ring (bicyclic) bond motifs is 2. The molecule has 0 aliphatic carbocycles. The molecule has 9 aromatic rings. The number of carbonyl (C=O) groups excluding carboxylic acids is 3. The van der Waals surface area contributed by atoms with E-state index in [-0.39, 0.29) is 51.1 Å². The summed E-state index contributed by atoms with van der Waals surface area (Å²) in [5.74, 6) is 2.43. The van der Waals surface area contributed by atoms with Crippen LogP contribution in [0.3, 0.4) is 0 Å². The van der Waals surface area contributed by atoms with Crippen LogP contribution in [0.25, 0.3) is 20.4 Å². The van der Waals surface area contributed by atoms with Gasteiger partial charge < -0.3 is 25.0 Å². The molecule has 4 saturated heterocycles. The molecule has 5 aromatic carbocycles. The minimum atomic E-state index is -4.25. The molecule has 4 aliphatic rings. The Hall–Kier alpha value is -8.08.